The lowest BCUT2D eigenvalue weighted by molar-refractivity contribution is -0.169. The van der Waals surface area contributed by atoms with Crippen molar-refractivity contribution in [1.82, 2.24) is 5.43 Å². The van der Waals surface area contributed by atoms with Crippen molar-refractivity contribution in [3.05, 3.63) is 60.2 Å². The van der Waals surface area contributed by atoms with E-state index < -0.39 is 6.29 Å². The largest absolute Gasteiger partial charge is 0.489 e. The lowest BCUT2D eigenvalue weighted by atomic mass is 10.2. The summed E-state index contributed by atoms with van der Waals surface area (Å²) in [5, 5.41) is 0. The standard InChI is InChI=1S/C19H24N2O4/c1-3-23-19(24-4-2)18(22)21-20-16-10-12-17(13-11-16)25-14-15-8-6-5-7-9-15/h5-13,19-20H,3-4,14H2,1-2H3,(H,21,22). The van der Waals surface area contributed by atoms with Crippen LogP contribution in [0.5, 0.6) is 5.75 Å². The van der Waals surface area contributed by atoms with Crippen molar-refractivity contribution >= 4 is 11.6 Å². The third-order valence-corrected chi connectivity index (χ3v) is 3.28. The molecule has 0 saturated heterocycles. The molecule has 2 N–H and O–H groups in total. The van der Waals surface area contributed by atoms with Crippen LogP contribution in [0.1, 0.15) is 19.4 Å². The van der Waals surface area contributed by atoms with Crippen molar-refractivity contribution in [1.29, 1.82) is 0 Å². The topological polar surface area (TPSA) is 68.8 Å². The van der Waals surface area contributed by atoms with E-state index in [1.807, 2.05) is 54.6 Å². The molecule has 0 aromatic heterocycles. The van der Waals surface area contributed by atoms with E-state index in [2.05, 4.69) is 10.9 Å². The predicted octanol–water partition coefficient (Wildman–Crippen LogP) is 3.11. The predicted molar refractivity (Wildman–Crippen MR) is 96.0 cm³/mol. The minimum atomic E-state index is -0.920. The molecule has 0 bridgehead atoms. The van der Waals surface area contributed by atoms with E-state index in [-0.39, 0.29) is 5.91 Å². The van der Waals surface area contributed by atoms with Crippen LogP contribution in [0.15, 0.2) is 54.6 Å². The van der Waals surface area contributed by atoms with Gasteiger partial charge in [-0.3, -0.25) is 15.6 Å². The second kappa shape index (κ2) is 10.3. The van der Waals surface area contributed by atoms with Gasteiger partial charge < -0.3 is 14.2 Å². The van der Waals surface area contributed by atoms with Gasteiger partial charge in [-0.25, -0.2) is 0 Å². The van der Waals surface area contributed by atoms with Gasteiger partial charge in [-0.2, -0.15) is 0 Å². The van der Waals surface area contributed by atoms with E-state index in [0.29, 0.717) is 19.8 Å². The number of amides is 1. The maximum absolute atomic E-state index is 12.0. The average Bonchev–Trinajstić information content (AvgIpc) is 2.66. The summed E-state index contributed by atoms with van der Waals surface area (Å²) in [5.41, 5.74) is 7.23. The number of ether oxygens (including phenoxy) is 3. The molecule has 6 nitrogen and oxygen atoms in total. The van der Waals surface area contributed by atoms with Crippen LogP contribution in [-0.2, 0) is 20.9 Å². The fourth-order valence-electron chi connectivity index (χ4n) is 2.07. The third-order valence-electron chi connectivity index (χ3n) is 3.28. The van der Waals surface area contributed by atoms with Crippen LogP contribution in [0.25, 0.3) is 0 Å². The summed E-state index contributed by atoms with van der Waals surface area (Å²) in [5.74, 6) is 0.371. The molecule has 0 fully saturated rings. The zero-order valence-corrected chi connectivity index (χ0v) is 14.5. The number of carbonyl (C=O) groups is 1. The summed E-state index contributed by atoms with van der Waals surface area (Å²) in [4.78, 5) is 12.0. The van der Waals surface area contributed by atoms with Gasteiger partial charge in [0.1, 0.15) is 12.4 Å². The molecular formula is C19H24N2O4. The maximum Gasteiger partial charge on any atom is 0.295 e. The summed E-state index contributed by atoms with van der Waals surface area (Å²) >= 11 is 0. The summed E-state index contributed by atoms with van der Waals surface area (Å²) in [6.45, 7) is 4.91. The number of hydrogen-bond acceptors (Lipinski definition) is 5. The molecule has 6 heteroatoms. The first-order valence-corrected chi connectivity index (χ1v) is 8.28. The Kier molecular flexibility index (Phi) is 7.75. The minimum Gasteiger partial charge on any atom is -0.489 e. The van der Waals surface area contributed by atoms with Gasteiger partial charge in [0.2, 0.25) is 6.29 Å². The molecule has 0 heterocycles. The summed E-state index contributed by atoms with van der Waals surface area (Å²) in [7, 11) is 0. The summed E-state index contributed by atoms with van der Waals surface area (Å²) in [6, 6.07) is 17.3. The molecule has 0 atom stereocenters. The third kappa shape index (κ3) is 6.45. The van der Waals surface area contributed by atoms with Gasteiger partial charge in [0.15, 0.2) is 0 Å². The Morgan fingerprint density at radius 2 is 1.60 bits per heavy atom. The van der Waals surface area contributed by atoms with Crippen LogP contribution in [0, 0.1) is 0 Å². The van der Waals surface area contributed by atoms with Crippen molar-refractivity contribution in [3.8, 4) is 5.75 Å². The first kappa shape index (κ1) is 18.8. The second-order valence-corrected chi connectivity index (χ2v) is 5.16. The smallest absolute Gasteiger partial charge is 0.295 e. The quantitative estimate of drug-likeness (QED) is 0.512. The lowest BCUT2D eigenvalue weighted by Crippen LogP contribution is -2.41. The van der Waals surface area contributed by atoms with Gasteiger partial charge in [0.05, 0.1) is 5.69 Å². The second-order valence-electron chi connectivity index (χ2n) is 5.16. The van der Waals surface area contributed by atoms with Crippen LogP contribution in [0.4, 0.5) is 5.69 Å². The molecular weight excluding hydrogens is 320 g/mol. The molecule has 0 spiro atoms. The monoisotopic (exact) mass is 344 g/mol. The van der Waals surface area contributed by atoms with Gasteiger partial charge >= 0.3 is 0 Å². The number of anilines is 1. The first-order valence-electron chi connectivity index (χ1n) is 8.28. The Morgan fingerprint density at radius 3 is 2.20 bits per heavy atom. The summed E-state index contributed by atoms with van der Waals surface area (Å²) < 4.78 is 16.2. The molecule has 1 amide bonds. The van der Waals surface area contributed by atoms with E-state index in [1.54, 1.807) is 13.8 Å². The lowest BCUT2D eigenvalue weighted by Gasteiger charge is -2.17. The molecule has 2 aromatic rings. The van der Waals surface area contributed by atoms with E-state index in [1.165, 1.54) is 0 Å². The van der Waals surface area contributed by atoms with Gasteiger partial charge in [-0.1, -0.05) is 30.3 Å². The Bertz CT molecular complexity index is 626. The number of hydrazine groups is 1. The molecule has 2 aromatic carbocycles. The highest BCUT2D eigenvalue weighted by atomic mass is 16.7. The zero-order valence-electron chi connectivity index (χ0n) is 14.5. The highest BCUT2D eigenvalue weighted by Gasteiger charge is 2.18. The number of carbonyl (C=O) groups excluding carboxylic acids is 1. The number of nitrogens with one attached hydrogen (secondary N) is 2. The van der Waals surface area contributed by atoms with E-state index >= 15 is 0 Å². The van der Waals surface area contributed by atoms with Crippen molar-refractivity contribution in [2.24, 2.45) is 0 Å². The molecule has 0 unspecified atom stereocenters. The number of benzene rings is 2. The Labute approximate surface area is 148 Å². The van der Waals surface area contributed by atoms with Gasteiger partial charge in [0, 0.05) is 13.2 Å². The minimum absolute atomic E-state index is 0.381. The average molecular weight is 344 g/mol. The van der Waals surface area contributed by atoms with Crippen molar-refractivity contribution < 1.29 is 19.0 Å². The highest BCUT2D eigenvalue weighted by Crippen LogP contribution is 2.16. The fraction of sp³-hybridized carbons (Fsp3) is 0.316. The summed E-state index contributed by atoms with van der Waals surface area (Å²) in [6.07, 6.45) is -0.920. The van der Waals surface area contributed by atoms with Crippen molar-refractivity contribution in [3.63, 3.8) is 0 Å². The SMILES string of the molecule is CCOC(OCC)C(=O)NNc1ccc(OCc2ccccc2)cc1. The van der Waals surface area contributed by atoms with E-state index in [4.69, 9.17) is 14.2 Å². The van der Waals surface area contributed by atoms with Crippen molar-refractivity contribution in [2.45, 2.75) is 26.7 Å². The zero-order chi connectivity index (χ0) is 17.9. The molecule has 0 aliphatic heterocycles. The number of hydrogen-bond donors (Lipinski definition) is 2. The van der Waals surface area contributed by atoms with Crippen LogP contribution in [-0.4, -0.2) is 25.4 Å². The van der Waals surface area contributed by atoms with Crippen molar-refractivity contribution in [2.75, 3.05) is 18.6 Å². The van der Waals surface area contributed by atoms with Crippen LogP contribution in [0.2, 0.25) is 0 Å². The fourth-order valence-corrected chi connectivity index (χ4v) is 2.07. The maximum atomic E-state index is 12.0. The molecule has 134 valence electrons. The molecule has 2 rings (SSSR count). The Balaban J connectivity index is 1.80. The normalized spacial score (nSPS) is 10.5. The van der Waals surface area contributed by atoms with Crippen LogP contribution >= 0.6 is 0 Å². The number of rotatable bonds is 10. The Hall–Kier alpha value is -2.57. The van der Waals surface area contributed by atoms with Gasteiger partial charge in [-0.15, -0.1) is 0 Å². The highest BCUT2D eigenvalue weighted by molar-refractivity contribution is 5.80. The molecule has 0 aliphatic carbocycles. The molecule has 0 radical (unpaired) electrons. The van der Waals surface area contributed by atoms with Gasteiger partial charge in [0.25, 0.3) is 5.91 Å². The molecule has 0 saturated carbocycles. The molecule has 0 aliphatic rings. The van der Waals surface area contributed by atoms with Crippen LogP contribution < -0.4 is 15.6 Å². The van der Waals surface area contributed by atoms with E-state index in [9.17, 15) is 4.79 Å². The van der Waals surface area contributed by atoms with Crippen LogP contribution in [0.3, 0.4) is 0 Å². The Morgan fingerprint density at radius 1 is 0.960 bits per heavy atom. The van der Waals surface area contributed by atoms with E-state index in [0.717, 1.165) is 17.0 Å². The molecule has 25 heavy (non-hydrogen) atoms. The van der Waals surface area contributed by atoms with Gasteiger partial charge in [-0.05, 0) is 43.7 Å². The first-order chi connectivity index (χ1) is 12.2.